The minimum absolute atomic E-state index is 0.0965. The van der Waals surface area contributed by atoms with Crippen molar-refractivity contribution in [1.82, 2.24) is 15.1 Å². The predicted molar refractivity (Wildman–Crippen MR) is 181 cm³/mol. The van der Waals surface area contributed by atoms with Crippen LogP contribution in [0.5, 0.6) is 0 Å². The van der Waals surface area contributed by atoms with E-state index in [2.05, 4.69) is 55.0 Å². The van der Waals surface area contributed by atoms with Gasteiger partial charge in [0.25, 0.3) is 5.91 Å². The molecule has 7 heteroatoms. The van der Waals surface area contributed by atoms with Crippen LogP contribution in [0.15, 0.2) is 54.3 Å². The van der Waals surface area contributed by atoms with Gasteiger partial charge in [0.1, 0.15) is 5.76 Å². The zero-order chi connectivity index (χ0) is 31.6. The second-order valence-corrected chi connectivity index (χ2v) is 11.7. The molecule has 1 heterocycles. The molecule has 2 rings (SSSR count). The number of carbonyl (C=O) groups excluding carboxylic acids is 2. The molecule has 43 heavy (non-hydrogen) atoms. The van der Waals surface area contributed by atoms with Gasteiger partial charge in [0.2, 0.25) is 5.91 Å². The van der Waals surface area contributed by atoms with Crippen molar-refractivity contribution >= 4 is 17.5 Å². The van der Waals surface area contributed by atoms with Gasteiger partial charge in [-0.05, 0) is 62.6 Å². The molecular weight excluding hydrogens is 536 g/mol. The van der Waals surface area contributed by atoms with Crippen LogP contribution in [0.4, 0.5) is 5.69 Å². The van der Waals surface area contributed by atoms with Crippen molar-refractivity contribution < 1.29 is 14.3 Å². The first-order chi connectivity index (χ1) is 20.8. The van der Waals surface area contributed by atoms with E-state index >= 15 is 0 Å². The molecule has 1 aliphatic rings. The SMILES string of the molecule is C\C=C/C(=C\C=C\C(C)N(CC(=O)N1CCN(CC)CC1)c1cc(C(=O)NC)ccc1C(C)CCCCCCCC)OC. The molecule has 1 aliphatic heterocycles. The molecule has 2 unspecified atom stereocenters. The minimum Gasteiger partial charge on any atom is -0.497 e. The number of carbonyl (C=O) groups is 2. The molecule has 1 fully saturated rings. The summed E-state index contributed by atoms with van der Waals surface area (Å²) < 4.78 is 5.45. The maximum atomic E-state index is 13.8. The van der Waals surface area contributed by atoms with E-state index in [1.54, 1.807) is 14.2 Å². The monoisotopic (exact) mass is 594 g/mol. The van der Waals surface area contributed by atoms with Crippen LogP contribution in [0.2, 0.25) is 0 Å². The molecule has 1 aromatic rings. The first-order valence-corrected chi connectivity index (χ1v) is 16.5. The minimum atomic E-state index is -0.124. The van der Waals surface area contributed by atoms with E-state index in [0.717, 1.165) is 50.6 Å². The summed E-state index contributed by atoms with van der Waals surface area (Å²) in [6, 6.07) is 5.91. The van der Waals surface area contributed by atoms with Crippen molar-refractivity contribution in [2.75, 3.05) is 58.3 Å². The number of likely N-dealkylation sites (N-methyl/N-ethyl adjacent to an activating group) is 1. The van der Waals surface area contributed by atoms with E-state index in [-0.39, 0.29) is 24.4 Å². The van der Waals surface area contributed by atoms with Crippen LogP contribution in [-0.4, -0.2) is 81.1 Å². The van der Waals surface area contributed by atoms with Crippen molar-refractivity contribution in [2.24, 2.45) is 0 Å². The number of benzene rings is 1. The highest BCUT2D eigenvalue weighted by molar-refractivity contribution is 5.95. The molecule has 240 valence electrons. The molecule has 1 N–H and O–H groups in total. The summed E-state index contributed by atoms with van der Waals surface area (Å²) in [7, 11) is 3.32. The van der Waals surface area contributed by atoms with Crippen molar-refractivity contribution in [3.63, 3.8) is 0 Å². The van der Waals surface area contributed by atoms with Crippen molar-refractivity contribution in [3.8, 4) is 0 Å². The van der Waals surface area contributed by atoms with E-state index < -0.39 is 0 Å². The van der Waals surface area contributed by atoms with Crippen molar-refractivity contribution in [3.05, 3.63) is 65.5 Å². The van der Waals surface area contributed by atoms with Gasteiger partial charge >= 0.3 is 0 Å². The molecule has 2 atom stereocenters. The lowest BCUT2D eigenvalue weighted by molar-refractivity contribution is -0.131. The van der Waals surface area contributed by atoms with Crippen LogP contribution in [0.1, 0.15) is 101 Å². The first kappa shape index (κ1) is 36.1. The fourth-order valence-electron chi connectivity index (χ4n) is 5.66. The molecule has 0 saturated carbocycles. The molecule has 0 aliphatic carbocycles. The van der Waals surface area contributed by atoms with Gasteiger partial charge in [-0.1, -0.05) is 83.6 Å². The quantitative estimate of drug-likeness (QED) is 0.114. The molecule has 0 bridgehead atoms. The summed E-state index contributed by atoms with van der Waals surface area (Å²) in [5, 5.41) is 2.77. The standard InChI is InChI=1S/C36H58N4O3/c1-8-11-12-13-14-15-18-29(4)33-22-21-31(36(42)37-6)27-34(33)40(30(5)19-16-20-32(43-7)17-9-2)28-35(41)39-25-23-38(10-3)24-26-39/h9,16-17,19-22,27,29-30H,8,10-15,18,23-26,28H2,1-7H3,(H,37,42)/b17-9-,19-16+,32-20+. The second-order valence-electron chi connectivity index (χ2n) is 11.7. The Kier molecular flexibility index (Phi) is 16.8. The number of anilines is 1. The lowest BCUT2D eigenvalue weighted by atomic mass is 9.91. The van der Waals surface area contributed by atoms with Gasteiger partial charge in [-0.15, -0.1) is 0 Å². The third-order valence-corrected chi connectivity index (χ3v) is 8.54. The Balaban J connectivity index is 2.44. The molecule has 0 radical (unpaired) electrons. The summed E-state index contributed by atoms with van der Waals surface area (Å²) in [6.45, 7) is 15.3. The molecule has 0 aromatic heterocycles. The summed E-state index contributed by atoms with van der Waals surface area (Å²) in [6.07, 6.45) is 18.5. The van der Waals surface area contributed by atoms with Gasteiger partial charge in [-0.2, -0.15) is 0 Å². The number of ether oxygens (including phenoxy) is 1. The van der Waals surface area contributed by atoms with Gasteiger partial charge in [0, 0.05) is 50.5 Å². The Morgan fingerprint density at radius 2 is 1.74 bits per heavy atom. The average Bonchev–Trinajstić information content (AvgIpc) is 3.03. The Labute approximate surface area is 262 Å². The maximum Gasteiger partial charge on any atom is 0.251 e. The van der Waals surface area contributed by atoms with Crippen LogP contribution in [-0.2, 0) is 9.53 Å². The fourth-order valence-corrected chi connectivity index (χ4v) is 5.66. The maximum absolute atomic E-state index is 13.8. The number of nitrogens with one attached hydrogen (secondary N) is 1. The molecule has 1 aromatic carbocycles. The highest BCUT2D eigenvalue weighted by Gasteiger charge is 2.26. The zero-order valence-electron chi connectivity index (χ0n) is 28.0. The summed E-state index contributed by atoms with van der Waals surface area (Å²) in [4.78, 5) is 33.1. The van der Waals surface area contributed by atoms with E-state index in [1.807, 2.05) is 48.3 Å². The fraction of sp³-hybridized carbons (Fsp3) is 0.611. The Bertz CT molecular complexity index is 1070. The number of hydrogen-bond acceptors (Lipinski definition) is 5. The largest absolute Gasteiger partial charge is 0.497 e. The Morgan fingerprint density at radius 1 is 1.05 bits per heavy atom. The third kappa shape index (κ3) is 11.9. The van der Waals surface area contributed by atoms with Crippen molar-refractivity contribution in [2.45, 2.75) is 91.5 Å². The van der Waals surface area contributed by atoms with Crippen LogP contribution in [0, 0.1) is 0 Å². The van der Waals surface area contributed by atoms with Crippen LogP contribution in [0.3, 0.4) is 0 Å². The number of unbranched alkanes of at least 4 members (excludes halogenated alkanes) is 5. The van der Waals surface area contributed by atoms with Crippen LogP contribution in [0.25, 0.3) is 0 Å². The van der Waals surface area contributed by atoms with Gasteiger partial charge in [-0.3, -0.25) is 9.59 Å². The third-order valence-electron chi connectivity index (χ3n) is 8.54. The van der Waals surface area contributed by atoms with Gasteiger partial charge in [-0.25, -0.2) is 0 Å². The Morgan fingerprint density at radius 3 is 2.37 bits per heavy atom. The topological polar surface area (TPSA) is 65.1 Å². The number of rotatable bonds is 18. The number of hydrogen-bond donors (Lipinski definition) is 1. The highest BCUT2D eigenvalue weighted by atomic mass is 16.5. The van der Waals surface area contributed by atoms with E-state index in [4.69, 9.17) is 4.74 Å². The second kappa shape index (κ2) is 20.0. The number of allylic oxidation sites excluding steroid dienone is 4. The van der Waals surface area contributed by atoms with Gasteiger partial charge in [0.05, 0.1) is 13.7 Å². The van der Waals surface area contributed by atoms with Crippen molar-refractivity contribution in [1.29, 1.82) is 0 Å². The summed E-state index contributed by atoms with van der Waals surface area (Å²) >= 11 is 0. The normalized spacial score (nSPS) is 16.1. The van der Waals surface area contributed by atoms with Gasteiger partial charge in [0.15, 0.2) is 0 Å². The van der Waals surface area contributed by atoms with E-state index in [0.29, 0.717) is 11.5 Å². The molecule has 1 saturated heterocycles. The molecule has 2 amide bonds. The average molecular weight is 595 g/mol. The number of methoxy groups -OCH3 is 1. The molecule has 0 spiro atoms. The Hall–Kier alpha value is -3.06. The molecular formula is C36H58N4O3. The zero-order valence-corrected chi connectivity index (χ0v) is 28.0. The molecule has 7 nitrogen and oxygen atoms in total. The highest BCUT2D eigenvalue weighted by Crippen LogP contribution is 2.34. The number of piperazine rings is 1. The predicted octanol–water partition coefficient (Wildman–Crippen LogP) is 6.92. The van der Waals surface area contributed by atoms with E-state index in [1.165, 1.54) is 44.1 Å². The smallest absolute Gasteiger partial charge is 0.251 e. The van der Waals surface area contributed by atoms with E-state index in [9.17, 15) is 9.59 Å². The van der Waals surface area contributed by atoms with Gasteiger partial charge < -0.3 is 24.8 Å². The van der Waals surface area contributed by atoms with Crippen LogP contribution < -0.4 is 10.2 Å². The number of nitrogens with zero attached hydrogens (tertiary/aromatic N) is 3. The summed E-state index contributed by atoms with van der Waals surface area (Å²) in [5.74, 6) is 1.06. The number of amides is 2. The first-order valence-electron chi connectivity index (χ1n) is 16.5. The van der Waals surface area contributed by atoms with Crippen LogP contribution >= 0.6 is 0 Å². The lowest BCUT2D eigenvalue weighted by Gasteiger charge is -2.37. The summed E-state index contributed by atoms with van der Waals surface area (Å²) in [5.41, 5.74) is 2.75. The lowest BCUT2D eigenvalue weighted by Crippen LogP contribution is -2.52.